The summed E-state index contributed by atoms with van der Waals surface area (Å²) in [7, 11) is 0. The van der Waals surface area contributed by atoms with Crippen LogP contribution >= 0.6 is 46.4 Å². The molecule has 0 saturated heterocycles. The molecule has 0 unspecified atom stereocenters. The number of carbonyl (C=O) groups is 1. The van der Waals surface area contributed by atoms with Crippen LogP contribution in [0.3, 0.4) is 0 Å². The fourth-order valence-corrected chi connectivity index (χ4v) is 2.52. The minimum Gasteiger partial charge on any atom is -0.478 e. The van der Waals surface area contributed by atoms with Gasteiger partial charge in [0.15, 0.2) is 0 Å². The van der Waals surface area contributed by atoms with Crippen molar-refractivity contribution >= 4 is 52.4 Å². The van der Waals surface area contributed by atoms with E-state index in [4.69, 9.17) is 51.5 Å². The van der Waals surface area contributed by atoms with Gasteiger partial charge in [-0.25, -0.2) is 4.79 Å². The molecule has 0 radical (unpaired) electrons. The summed E-state index contributed by atoms with van der Waals surface area (Å²) in [4.78, 5) is 10.8. The van der Waals surface area contributed by atoms with Gasteiger partial charge in [-0.2, -0.15) is 0 Å². The molecule has 2 aromatic rings. The molecule has 0 fully saturated rings. The molecule has 0 amide bonds. The molecule has 0 aliphatic rings. The summed E-state index contributed by atoms with van der Waals surface area (Å²) in [6.07, 6.45) is 0. The molecule has 0 aliphatic carbocycles. The molecular formula is C13H6Cl4O2. The molecule has 0 bridgehead atoms. The van der Waals surface area contributed by atoms with Gasteiger partial charge < -0.3 is 5.11 Å². The van der Waals surface area contributed by atoms with E-state index in [1.807, 2.05) is 0 Å². The molecule has 6 heteroatoms. The first-order valence-electron chi connectivity index (χ1n) is 5.08. The quantitative estimate of drug-likeness (QED) is 0.718. The van der Waals surface area contributed by atoms with Gasteiger partial charge in [0.1, 0.15) is 0 Å². The van der Waals surface area contributed by atoms with Crippen molar-refractivity contribution in [1.29, 1.82) is 0 Å². The normalized spacial score (nSPS) is 10.5. The van der Waals surface area contributed by atoms with Gasteiger partial charge in [0, 0.05) is 16.1 Å². The Morgan fingerprint density at radius 2 is 1.47 bits per heavy atom. The number of halogens is 4. The van der Waals surface area contributed by atoms with E-state index in [0.717, 1.165) is 0 Å². The Morgan fingerprint density at radius 1 is 0.842 bits per heavy atom. The maximum atomic E-state index is 10.8. The lowest BCUT2D eigenvalue weighted by Gasteiger charge is -2.09. The lowest BCUT2D eigenvalue weighted by atomic mass is 10.0. The van der Waals surface area contributed by atoms with Gasteiger partial charge >= 0.3 is 5.97 Å². The largest absolute Gasteiger partial charge is 0.478 e. The number of hydrogen-bond acceptors (Lipinski definition) is 1. The number of hydrogen-bond donors (Lipinski definition) is 1. The van der Waals surface area contributed by atoms with E-state index >= 15 is 0 Å². The molecule has 0 aliphatic heterocycles. The number of rotatable bonds is 2. The van der Waals surface area contributed by atoms with Crippen molar-refractivity contribution in [2.24, 2.45) is 0 Å². The van der Waals surface area contributed by atoms with Crippen LogP contribution in [0.5, 0.6) is 0 Å². The lowest BCUT2D eigenvalue weighted by Crippen LogP contribution is -1.96. The smallest absolute Gasteiger partial charge is 0.335 e. The van der Waals surface area contributed by atoms with Crippen LogP contribution in [0.15, 0.2) is 30.3 Å². The Kier molecular flexibility index (Phi) is 4.26. The molecule has 2 rings (SSSR count). The number of aromatic carboxylic acids is 1. The standard InChI is InChI=1S/C13H6Cl4O2/c14-9-4-3-8(11(16)12(9)17)7-2-1-6(13(18)19)5-10(7)15/h1-5H,(H,18,19). The van der Waals surface area contributed by atoms with Gasteiger partial charge in [0.05, 0.1) is 20.6 Å². The predicted octanol–water partition coefficient (Wildman–Crippen LogP) is 5.67. The van der Waals surface area contributed by atoms with E-state index in [1.165, 1.54) is 12.1 Å². The van der Waals surface area contributed by atoms with Gasteiger partial charge in [0.2, 0.25) is 0 Å². The number of carboxylic acids is 1. The maximum absolute atomic E-state index is 10.8. The fraction of sp³-hybridized carbons (Fsp3) is 0. The van der Waals surface area contributed by atoms with Crippen molar-refractivity contribution < 1.29 is 9.90 Å². The Bertz CT molecular complexity index is 668. The molecule has 1 N–H and O–H groups in total. The monoisotopic (exact) mass is 334 g/mol. The van der Waals surface area contributed by atoms with Crippen molar-refractivity contribution in [2.75, 3.05) is 0 Å². The SMILES string of the molecule is O=C(O)c1ccc(-c2ccc(Cl)c(Cl)c2Cl)c(Cl)c1. The second-order valence-electron chi connectivity index (χ2n) is 3.72. The summed E-state index contributed by atoms with van der Waals surface area (Å²) in [6.45, 7) is 0. The predicted molar refractivity (Wildman–Crippen MR) is 78.9 cm³/mol. The first-order chi connectivity index (χ1) is 8.91. The van der Waals surface area contributed by atoms with E-state index < -0.39 is 5.97 Å². The first-order valence-corrected chi connectivity index (χ1v) is 6.59. The zero-order valence-electron chi connectivity index (χ0n) is 9.25. The van der Waals surface area contributed by atoms with Crippen LogP contribution in [-0.4, -0.2) is 11.1 Å². The van der Waals surface area contributed by atoms with Crippen molar-refractivity contribution in [3.05, 3.63) is 56.0 Å². The fourth-order valence-electron chi connectivity index (χ4n) is 1.60. The van der Waals surface area contributed by atoms with Crippen LogP contribution in [0.4, 0.5) is 0 Å². The van der Waals surface area contributed by atoms with E-state index in [1.54, 1.807) is 18.2 Å². The Morgan fingerprint density at radius 3 is 2.05 bits per heavy atom. The average Bonchev–Trinajstić information content (AvgIpc) is 2.37. The molecular weight excluding hydrogens is 330 g/mol. The zero-order chi connectivity index (χ0) is 14.2. The summed E-state index contributed by atoms with van der Waals surface area (Å²) in [5.74, 6) is -1.05. The minimum absolute atomic E-state index is 0.102. The molecule has 19 heavy (non-hydrogen) atoms. The van der Waals surface area contributed by atoms with E-state index in [9.17, 15) is 4.79 Å². The summed E-state index contributed by atoms with van der Waals surface area (Å²) in [6, 6.07) is 7.67. The summed E-state index contributed by atoms with van der Waals surface area (Å²) < 4.78 is 0. The summed E-state index contributed by atoms with van der Waals surface area (Å²) in [5.41, 5.74) is 1.29. The third-order valence-corrected chi connectivity index (χ3v) is 4.15. The van der Waals surface area contributed by atoms with Crippen LogP contribution in [-0.2, 0) is 0 Å². The number of benzene rings is 2. The Balaban J connectivity index is 2.60. The van der Waals surface area contributed by atoms with Crippen LogP contribution in [0.1, 0.15) is 10.4 Å². The minimum atomic E-state index is -1.05. The Labute approximate surface area is 129 Å². The second-order valence-corrected chi connectivity index (χ2v) is 5.29. The van der Waals surface area contributed by atoms with Gasteiger partial charge in [-0.3, -0.25) is 0 Å². The highest BCUT2D eigenvalue weighted by Crippen LogP contribution is 2.40. The topological polar surface area (TPSA) is 37.3 Å². The van der Waals surface area contributed by atoms with Crippen molar-refractivity contribution in [2.45, 2.75) is 0 Å². The lowest BCUT2D eigenvalue weighted by molar-refractivity contribution is 0.0697. The highest BCUT2D eigenvalue weighted by molar-refractivity contribution is 6.49. The molecule has 0 heterocycles. The third kappa shape index (κ3) is 2.82. The molecule has 0 spiro atoms. The average molecular weight is 336 g/mol. The van der Waals surface area contributed by atoms with Crippen molar-refractivity contribution in [1.82, 2.24) is 0 Å². The van der Waals surface area contributed by atoms with Crippen molar-refractivity contribution in [3.8, 4) is 11.1 Å². The molecule has 0 atom stereocenters. The van der Waals surface area contributed by atoms with Gasteiger partial charge in [-0.1, -0.05) is 58.5 Å². The van der Waals surface area contributed by atoms with Crippen molar-refractivity contribution in [3.63, 3.8) is 0 Å². The molecule has 98 valence electrons. The third-order valence-electron chi connectivity index (χ3n) is 2.54. The zero-order valence-corrected chi connectivity index (χ0v) is 12.3. The first kappa shape index (κ1) is 14.5. The van der Waals surface area contributed by atoms with Gasteiger partial charge in [-0.05, 0) is 18.2 Å². The molecule has 2 nitrogen and oxygen atoms in total. The van der Waals surface area contributed by atoms with Crippen LogP contribution in [0.25, 0.3) is 11.1 Å². The Hall–Kier alpha value is -0.930. The summed E-state index contributed by atoms with van der Waals surface area (Å²) in [5, 5.41) is 10.0. The molecule has 0 saturated carbocycles. The number of carboxylic acid groups (broad SMARTS) is 1. The summed E-state index contributed by atoms with van der Waals surface area (Å²) >= 11 is 24.0. The van der Waals surface area contributed by atoms with E-state index in [0.29, 0.717) is 16.1 Å². The molecule has 2 aromatic carbocycles. The van der Waals surface area contributed by atoms with Crippen LogP contribution in [0.2, 0.25) is 20.1 Å². The highest BCUT2D eigenvalue weighted by Gasteiger charge is 2.14. The van der Waals surface area contributed by atoms with Crippen LogP contribution in [0, 0.1) is 0 Å². The van der Waals surface area contributed by atoms with E-state index in [-0.39, 0.29) is 20.6 Å². The van der Waals surface area contributed by atoms with E-state index in [2.05, 4.69) is 0 Å². The molecule has 0 aromatic heterocycles. The highest BCUT2D eigenvalue weighted by atomic mass is 35.5. The van der Waals surface area contributed by atoms with Gasteiger partial charge in [-0.15, -0.1) is 0 Å². The maximum Gasteiger partial charge on any atom is 0.335 e. The second kappa shape index (κ2) is 5.59. The van der Waals surface area contributed by atoms with Gasteiger partial charge in [0.25, 0.3) is 0 Å². The van der Waals surface area contributed by atoms with Crippen LogP contribution < -0.4 is 0 Å².